The average Bonchev–Trinajstić information content (AvgIpc) is 3.01. The lowest BCUT2D eigenvalue weighted by atomic mass is 10.2. The normalized spacial score (nSPS) is 11.1. The molecule has 158 valence electrons. The van der Waals surface area contributed by atoms with Crippen LogP contribution >= 0.6 is 0 Å². The number of carbonyl (C=O) groups excluding carboxylic acids is 1. The van der Waals surface area contributed by atoms with Crippen molar-refractivity contribution < 1.29 is 9.18 Å². The fourth-order valence-electron chi connectivity index (χ4n) is 3.87. The molecule has 4 rings (SSSR count). The van der Waals surface area contributed by atoms with E-state index in [9.17, 15) is 14.0 Å². The van der Waals surface area contributed by atoms with Crippen LogP contribution in [0.2, 0.25) is 0 Å². The van der Waals surface area contributed by atoms with E-state index < -0.39 is 5.82 Å². The summed E-state index contributed by atoms with van der Waals surface area (Å²) in [6.07, 6.45) is 2.52. The van der Waals surface area contributed by atoms with Crippen LogP contribution in [0.5, 0.6) is 0 Å². The molecular weight excluding hydrogens is 395 g/mol. The van der Waals surface area contributed by atoms with E-state index in [2.05, 4.69) is 10.4 Å². The summed E-state index contributed by atoms with van der Waals surface area (Å²) in [6, 6.07) is 15.4. The van der Waals surface area contributed by atoms with E-state index in [-0.39, 0.29) is 23.6 Å². The van der Waals surface area contributed by atoms with Gasteiger partial charge in [0.25, 0.3) is 5.56 Å². The molecule has 0 saturated heterocycles. The SMILES string of the molecule is Cc1c2cnn(-c3ccccc3)c(=O)c2c(C)n1CCCC(=O)Nc1ccccc1F. The first-order valence-corrected chi connectivity index (χ1v) is 10.1. The highest BCUT2D eigenvalue weighted by Gasteiger charge is 2.17. The third kappa shape index (κ3) is 3.99. The Bertz CT molecular complexity index is 1310. The van der Waals surface area contributed by atoms with Crippen molar-refractivity contribution in [3.8, 4) is 5.69 Å². The zero-order valence-electron chi connectivity index (χ0n) is 17.4. The van der Waals surface area contributed by atoms with Crippen molar-refractivity contribution in [3.63, 3.8) is 0 Å². The van der Waals surface area contributed by atoms with Crippen molar-refractivity contribution in [2.75, 3.05) is 5.32 Å². The van der Waals surface area contributed by atoms with Crippen LogP contribution in [0.4, 0.5) is 10.1 Å². The van der Waals surface area contributed by atoms with Gasteiger partial charge in [0, 0.05) is 29.7 Å². The number of hydrogen-bond acceptors (Lipinski definition) is 3. The van der Waals surface area contributed by atoms with Gasteiger partial charge in [-0.3, -0.25) is 9.59 Å². The van der Waals surface area contributed by atoms with Gasteiger partial charge in [0.2, 0.25) is 5.91 Å². The molecule has 0 spiro atoms. The van der Waals surface area contributed by atoms with Gasteiger partial charge in [-0.2, -0.15) is 9.78 Å². The molecule has 7 heteroatoms. The van der Waals surface area contributed by atoms with Gasteiger partial charge in [0.05, 0.1) is 23.0 Å². The highest BCUT2D eigenvalue weighted by molar-refractivity contribution is 5.90. The number of benzene rings is 2. The van der Waals surface area contributed by atoms with E-state index in [1.807, 2.05) is 48.7 Å². The molecule has 6 nitrogen and oxygen atoms in total. The van der Waals surface area contributed by atoms with Gasteiger partial charge in [0.1, 0.15) is 5.82 Å². The molecular formula is C24H23FN4O2. The zero-order chi connectivity index (χ0) is 22.0. The molecule has 0 unspecified atom stereocenters. The molecule has 2 aromatic carbocycles. The number of rotatable bonds is 6. The summed E-state index contributed by atoms with van der Waals surface area (Å²) in [7, 11) is 0. The first-order valence-electron chi connectivity index (χ1n) is 10.1. The monoisotopic (exact) mass is 418 g/mol. The summed E-state index contributed by atoms with van der Waals surface area (Å²) in [6.45, 7) is 4.43. The quantitative estimate of drug-likeness (QED) is 0.506. The summed E-state index contributed by atoms with van der Waals surface area (Å²) in [5.74, 6) is -0.702. The van der Waals surface area contributed by atoms with Crippen molar-refractivity contribution in [2.24, 2.45) is 0 Å². The summed E-state index contributed by atoms with van der Waals surface area (Å²) in [4.78, 5) is 25.3. The minimum Gasteiger partial charge on any atom is -0.348 e. The second-order valence-electron chi connectivity index (χ2n) is 7.44. The van der Waals surface area contributed by atoms with Gasteiger partial charge < -0.3 is 9.88 Å². The fraction of sp³-hybridized carbons (Fsp3) is 0.208. The molecule has 2 aromatic heterocycles. The minimum absolute atomic E-state index is 0.166. The molecule has 0 fully saturated rings. The number of fused-ring (bicyclic) bond motifs is 1. The predicted octanol–water partition coefficient (Wildman–Crippen LogP) is 4.36. The van der Waals surface area contributed by atoms with Crippen LogP contribution in [0.1, 0.15) is 24.2 Å². The van der Waals surface area contributed by atoms with E-state index in [0.29, 0.717) is 24.0 Å². The van der Waals surface area contributed by atoms with Crippen molar-refractivity contribution >= 4 is 22.4 Å². The number of anilines is 1. The lowest BCUT2D eigenvalue weighted by Crippen LogP contribution is -2.21. The highest BCUT2D eigenvalue weighted by atomic mass is 19.1. The molecule has 4 aromatic rings. The van der Waals surface area contributed by atoms with Gasteiger partial charge in [-0.15, -0.1) is 0 Å². The maximum atomic E-state index is 13.7. The largest absolute Gasteiger partial charge is 0.348 e. The van der Waals surface area contributed by atoms with E-state index in [4.69, 9.17) is 0 Å². The molecule has 0 bridgehead atoms. The van der Waals surface area contributed by atoms with Crippen molar-refractivity contribution in [3.05, 3.63) is 88.4 Å². The molecule has 0 atom stereocenters. The van der Waals surface area contributed by atoms with Crippen LogP contribution in [-0.4, -0.2) is 20.3 Å². The van der Waals surface area contributed by atoms with Crippen LogP contribution in [0.15, 0.2) is 65.6 Å². The maximum absolute atomic E-state index is 13.7. The Labute approximate surface area is 178 Å². The molecule has 0 saturated carbocycles. The minimum atomic E-state index is -0.457. The molecule has 1 amide bonds. The average molecular weight is 418 g/mol. The number of halogens is 1. The van der Waals surface area contributed by atoms with Gasteiger partial charge in [-0.1, -0.05) is 30.3 Å². The molecule has 0 aliphatic heterocycles. The summed E-state index contributed by atoms with van der Waals surface area (Å²) in [5, 5.41) is 8.39. The lowest BCUT2D eigenvalue weighted by Gasteiger charge is -2.10. The number of aryl methyl sites for hydroxylation is 2. The Morgan fingerprint density at radius 2 is 1.74 bits per heavy atom. The number of aromatic nitrogens is 3. The van der Waals surface area contributed by atoms with Crippen LogP contribution in [0, 0.1) is 19.7 Å². The van der Waals surface area contributed by atoms with E-state index >= 15 is 0 Å². The van der Waals surface area contributed by atoms with Crippen molar-refractivity contribution in [1.82, 2.24) is 14.3 Å². The van der Waals surface area contributed by atoms with E-state index in [1.165, 1.54) is 16.8 Å². The van der Waals surface area contributed by atoms with E-state index in [1.54, 1.807) is 18.3 Å². The van der Waals surface area contributed by atoms with E-state index in [0.717, 1.165) is 16.8 Å². The number of para-hydroxylation sites is 2. The fourth-order valence-corrected chi connectivity index (χ4v) is 3.87. The van der Waals surface area contributed by atoms with Gasteiger partial charge in [0.15, 0.2) is 0 Å². The number of nitrogens with zero attached hydrogens (tertiary/aromatic N) is 3. The Morgan fingerprint density at radius 3 is 2.48 bits per heavy atom. The number of hydrogen-bond donors (Lipinski definition) is 1. The number of amides is 1. The number of nitrogens with one attached hydrogen (secondary N) is 1. The molecule has 2 heterocycles. The Morgan fingerprint density at radius 1 is 1.03 bits per heavy atom. The topological polar surface area (TPSA) is 68.9 Å². The third-order valence-electron chi connectivity index (χ3n) is 5.47. The first kappa shape index (κ1) is 20.5. The molecule has 0 aliphatic rings. The second kappa shape index (κ2) is 8.55. The van der Waals surface area contributed by atoms with Gasteiger partial charge in [-0.25, -0.2) is 4.39 Å². The van der Waals surface area contributed by atoms with Crippen LogP contribution in [0.3, 0.4) is 0 Å². The van der Waals surface area contributed by atoms with Gasteiger partial charge >= 0.3 is 0 Å². The Hall–Kier alpha value is -3.74. The summed E-state index contributed by atoms with van der Waals surface area (Å²) >= 11 is 0. The van der Waals surface area contributed by atoms with Gasteiger partial charge in [-0.05, 0) is 44.5 Å². The van der Waals surface area contributed by atoms with Crippen molar-refractivity contribution in [1.29, 1.82) is 0 Å². The zero-order valence-corrected chi connectivity index (χ0v) is 17.4. The maximum Gasteiger partial charge on any atom is 0.281 e. The summed E-state index contributed by atoms with van der Waals surface area (Å²) < 4.78 is 17.1. The summed E-state index contributed by atoms with van der Waals surface area (Å²) in [5.41, 5.74) is 2.51. The first-order chi connectivity index (χ1) is 15.0. The van der Waals surface area contributed by atoms with Crippen molar-refractivity contribution in [2.45, 2.75) is 33.2 Å². The van der Waals surface area contributed by atoms with Crippen LogP contribution in [0.25, 0.3) is 16.5 Å². The van der Waals surface area contributed by atoms with Crippen LogP contribution in [-0.2, 0) is 11.3 Å². The molecule has 0 aliphatic carbocycles. The predicted molar refractivity (Wildman–Crippen MR) is 119 cm³/mol. The smallest absolute Gasteiger partial charge is 0.281 e. The van der Waals surface area contributed by atoms with Crippen LogP contribution < -0.4 is 10.9 Å². The lowest BCUT2D eigenvalue weighted by molar-refractivity contribution is -0.116. The second-order valence-corrected chi connectivity index (χ2v) is 7.44. The highest BCUT2D eigenvalue weighted by Crippen LogP contribution is 2.23. The molecule has 31 heavy (non-hydrogen) atoms. The number of carbonyl (C=O) groups is 1. The third-order valence-corrected chi connectivity index (χ3v) is 5.47. The molecule has 0 radical (unpaired) electrons. The molecule has 1 N–H and O–H groups in total. The standard InChI is InChI=1S/C24H23FN4O2/c1-16-19-15-26-29(18-9-4-3-5-10-18)24(31)23(19)17(2)28(16)14-8-13-22(30)27-21-12-7-6-11-20(21)25/h3-7,9-12,15H,8,13-14H2,1-2H3,(H,27,30). The Balaban J connectivity index is 1.53. The Kier molecular flexibility index (Phi) is 5.66.